The summed E-state index contributed by atoms with van der Waals surface area (Å²) in [6.07, 6.45) is 0.743. The molecule has 162 valence electrons. The first-order valence-electron chi connectivity index (χ1n) is 9.96. The number of carbonyl (C=O) groups excluding carboxylic acids is 1. The van der Waals surface area contributed by atoms with Crippen LogP contribution in [0, 0.1) is 13.8 Å². The van der Waals surface area contributed by atoms with Crippen LogP contribution in [0.15, 0.2) is 71.6 Å². The minimum absolute atomic E-state index is 0.0935. The van der Waals surface area contributed by atoms with Gasteiger partial charge in [0.25, 0.3) is 10.0 Å². The number of carbonyl (C=O) groups is 1. The van der Waals surface area contributed by atoms with Gasteiger partial charge in [0.15, 0.2) is 0 Å². The van der Waals surface area contributed by atoms with E-state index < -0.39 is 22.5 Å². The highest BCUT2D eigenvalue weighted by Crippen LogP contribution is 2.30. The molecule has 0 radical (unpaired) electrons. The van der Waals surface area contributed by atoms with Crippen LogP contribution < -0.4 is 9.62 Å². The fourth-order valence-corrected chi connectivity index (χ4v) is 5.03. The molecule has 1 N–H and O–H groups in total. The number of hydrogen-bond acceptors (Lipinski definition) is 3. The van der Waals surface area contributed by atoms with Crippen molar-refractivity contribution < 1.29 is 13.2 Å². The molecule has 31 heavy (non-hydrogen) atoms. The highest BCUT2D eigenvalue weighted by atomic mass is 35.5. The van der Waals surface area contributed by atoms with Crippen molar-refractivity contribution in [1.82, 2.24) is 0 Å². The van der Waals surface area contributed by atoms with E-state index in [2.05, 4.69) is 5.32 Å². The summed E-state index contributed by atoms with van der Waals surface area (Å²) in [5.74, 6) is -0.445. The number of hydrogen-bond donors (Lipinski definition) is 1. The Morgan fingerprint density at radius 1 is 0.968 bits per heavy atom. The van der Waals surface area contributed by atoms with Gasteiger partial charge in [-0.25, -0.2) is 8.42 Å². The molecule has 0 saturated carbocycles. The van der Waals surface area contributed by atoms with Crippen molar-refractivity contribution in [2.75, 3.05) is 16.2 Å². The van der Waals surface area contributed by atoms with Gasteiger partial charge in [0.05, 0.1) is 15.6 Å². The summed E-state index contributed by atoms with van der Waals surface area (Å²) in [6.45, 7) is 5.38. The molecule has 0 fully saturated rings. The van der Waals surface area contributed by atoms with Gasteiger partial charge in [-0.1, -0.05) is 66.6 Å². The largest absolute Gasteiger partial charge is 0.324 e. The third kappa shape index (κ3) is 5.09. The minimum Gasteiger partial charge on any atom is -0.324 e. The number of amides is 1. The second-order valence-electron chi connectivity index (χ2n) is 7.29. The van der Waals surface area contributed by atoms with Crippen LogP contribution in [-0.4, -0.2) is 20.9 Å². The van der Waals surface area contributed by atoms with Gasteiger partial charge in [-0.2, -0.15) is 0 Å². The van der Waals surface area contributed by atoms with E-state index in [1.54, 1.807) is 36.4 Å². The Morgan fingerprint density at radius 3 is 2.29 bits per heavy atom. The van der Waals surface area contributed by atoms with Gasteiger partial charge in [0.2, 0.25) is 5.91 Å². The molecule has 5 nitrogen and oxygen atoms in total. The number of benzene rings is 3. The van der Waals surface area contributed by atoms with E-state index in [0.29, 0.717) is 5.69 Å². The Hall–Kier alpha value is -2.83. The van der Waals surface area contributed by atoms with Crippen LogP contribution in [0.3, 0.4) is 0 Å². The lowest BCUT2D eigenvalue weighted by atomic mass is 10.1. The number of halogens is 1. The van der Waals surface area contributed by atoms with Gasteiger partial charge in [-0.15, -0.1) is 0 Å². The predicted octanol–water partition coefficient (Wildman–Crippen LogP) is 5.35. The van der Waals surface area contributed by atoms with E-state index >= 15 is 0 Å². The van der Waals surface area contributed by atoms with Gasteiger partial charge in [0, 0.05) is 5.69 Å². The number of sulfonamides is 1. The first-order chi connectivity index (χ1) is 14.7. The van der Waals surface area contributed by atoms with Gasteiger partial charge in [0.1, 0.15) is 6.54 Å². The maximum absolute atomic E-state index is 13.5. The van der Waals surface area contributed by atoms with Crippen molar-refractivity contribution >= 4 is 38.9 Å². The molecule has 1 amide bonds. The predicted molar refractivity (Wildman–Crippen MR) is 126 cm³/mol. The summed E-state index contributed by atoms with van der Waals surface area (Å²) in [5.41, 5.74) is 3.80. The van der Waals surface area contributed by atoms with E-state index in [1.807, 2.05) is 39.0 Å². The third-order valence-corrected chi connectivity index (χ3v) is 7.12. The number of nitrogens with one attached hydrogen (secondary N) is 1. The summed E-state index contributed by atoms with van der Waals surface area (Å²) in [6, 6.07) is 18.9. The summed E-state index contributed by atoms with van der Waals surface area (Å²) in [5, 5.41) is 3.14. The molecule has 0 spiro atoms. The molecule has 0 unspecified atom stereocenters. The van der Waals surface area contributed by atoms with Crippen LogP contribution in [-0.2, 0) is 21.2 Å². The fraction of sp³-hybridized carbons (Fsp3) is 0.208. The van der Waals surface area contributed by atoms with Crippen molar-refractivity contribution in [3.63, 3.8) is 0 Å². The first-order valence-corrected chi connectivity index (χ1v) is 11.8. The van der Waals surface area contributed by atoms with Gasteiger partial charge in [-0.05, 0) is 55.7 Å². The molecule has 0 aliphatic carbocycles. The molecule has 0 heterocycles. The molecule has 3 aromatic rings. The summed E-state index contributed by atoms with van der Waals surface area (Å²) < 4.78 is 28.0. The SMILES string of the molecule is CCc1cccc(C)c1NC(=O)CN(c1ccccc1Cl)S(=O)(=O)c1ccc(C)cc1. The van der Waals surface area contributed by atoms with Crippen LogP contribution in [0.2, 0.25) is 5.02 Å². The Morgan fingerprint density at radius 2 is 1.65 bits per heavy atom. The molecule has 3 aromatic carbocycles. The standard InChI is InChI=1S/C24H25ClN2O3S/c1-4-19-9-7-8-18(3)24(19)26-23(28)16-27(22-11-6-5-10-21(22)25)31(29,30)20-14-12-17(2)13-15-20/h5-15H,4,16H2,1-3H3,(H,26,28). The summed E-state index contributed by atoms with van der Waals surface area (Å²) in [7, 11) is -4.02. The molecule has 0 aromatic heterocycles. The third-order valence-electron chi connectivity index (χ3n) is 5.02. The van der Waals surface area contributed by atoms with Crippen LogP contribution in [0.4, 0.5) is 11.4 Å². The highest BCUT2D eigenvalue weighted by Gasteiger charge is 2.29. The fourth-order valence-electron chi connectivity index (χ4n) is 3.30. The molecule has 0 atom stereocenters. The average Bonchev–Trinajstić information content (AvgIpc) is 2.74. The molecular weight excluding hydrogens is 432 g/mol. The number of rotatable bonds is 7. The molecular formula is C24H25ClN2O3S. The number of aryl methyl sites for hydroxylation is 3. The molecule has 7 heteroatoms. The number of anilines is 2. The Labute approximate surface area is 188 Å². The van der Waals surface area contributed by atoms with E-state index in [-0.39, 0.29) is 15.6 Å². The van der Waals surface area contributed by atoms with Crippen LogP contribution >= 0.6 is 11.6 Å². The maximum Gasteiger partial charge on any atom is 0.264 e. The first kappa shape index (κ1) is 22.8. The van der Waals surface area contributed by atoms with Crippen LogP contribution in [0.25, 0.3) is 0 Å². The minimum atomic E-state index is -4.02. The monoisotopic (exact) mass is 456 g/mol. The number of para-hydroxylation sites is 2. The van der Waals surface area contributed by atoms with Crippen molar-refractivity contribution in [2.45, 2.75) is 32.1 Å². The second kappa shape index (κ2) is 9.54. The average molecular weight is 457 g/mol. The molecule has 0 aliphatic heterocycles. The van der Waals surface area contributed by atoms with Gasteiger partial charge in [-0.3, -0.25) is 9.10 Å². The second-order valence-corrected chi connectivity index (χ2v) is 9.56. The molecule has 0 aliphatic rings. The lowest BCUT2D eigenvalue weighted by molar-refractivity contribution is -0.114. The lowest BCUT2D eigenvalue weighted by Crippen LogP contribution is -2.38. The zero-order valence-electron chi connectivity index (χ0n) is 17.7. The van der Waals surface area contributed by atoms with E-state index in [4.69, 9.17) is 11.6 Å². The van der Waals surface area contributed by atoms with Crippen molar-refractivity contribution in [2.24, 2.45) is 0 Å². The quantitative estimate of drug-likeness (QED) is 0.520. The Bertz CT molecular complexity index is 1190. The van der Waals surface area contributed by atoms with E-state index in [9.17, 15) is 13.2 Å². The summed E-state index contributed by atoms with van der Waals surface area (Å²) in [4.78, 5) is 13.1. The lowest BCUT2D eigenvalue weighted by Gasteiger charge is -2.25. The summed E-state index contributed by atoms with van der Waals surface area (Å²) >= 11 is 6.32. The normalized spacial score (nSPS) is 11.2. The van der Waals surface area contributed by atoms with E-state index in [0.717, 1.165) is 27.4 Å². The zero-order valence-corrected chi connectivity index (χ0v) is 19.3. The van der Waals surface area contributed by atoms with Gasteiger partial charge < -0.3 is 5.32 Å². The van der Waals surface area contributed by atoms with Gasteiger partial charge >= 0.3 is 0 Å². The maximum atomic E-state index is 13.5. The number of nitrogens with zero attached hydrogens (tertiary/aromatic N) is 1. The highest BCUT2D eigenvalue weighted by molar-refractivity contribution is 7.92. The Kier molecular flexibility index (Phi) is 7.03. The zero-order chi connectivity index (χ0) is 22.6. The Balaban J connectivity index is 1.99. The van der Waals surface area contributed by atoms with Crippen molar-refractivity contribution in [3.05, 3.63) is 88.4 Å². The molecule has 3 rings (SSSR count). The topological polar surface area (TPSA) is 66.5 Å². The molecule has 0 bridgehead atoms. The molecule has 0 saturated heterocycles. The smallest absolute Gasteiger partial charge is 0.264 e. The van der Waals surface area contributed by atoms with Crippen molar-refractivity contribution in [1.29, 1.82) is 0 Å². The van der Waals surface area contributed by atoms with Crippen LogP contribution in [0.5, 0.6) is 0 Å². The van der Waals surface area contributed by atoms with Crippen molar-refractivity contribution in [3.8, 4) is 0 Å². The van der Waals surface area contributed by atoms with Crippen LogP contribution in [0.1, 0.15) is 23.6 Å². The van der Waals surface area contributed by atoms with E-state index in [1.165, 1.54) is 12.1 Å².